The Kier molecular flexibility index (Phi) is 6.12. The van der Waals surface area contributed by atoms with E-state index in [0.29, 0.717) is 37.7 Å². The van der Waals surface area contributed by atoms with Crippen LogP contribution in [0.3, 0.4) is 0 Å². The SMILES string of the molecule is COCc1cc(C(=O)N(CCCN)Cc2ccccc2)no1. The van der Waals surface area contributed by atoms with E-state index < -0.39 is 0 Å². The predicted octanol–water partition coefficient (Wildman–Crippen LogP) is 1.81. The molecule has 0 aliphatic heterocycles. The number of methoxy groups -OCH3 is 1. The Balaban J connectivity index is 2.10. The summed E-state index contributed by atoms with van der Waals surface area (Å²) in [7, 11) is 1.56. The van der Waals surface area contributed by atoms with Gasteiger partial charge < -0.3 is 19.9 Å². The van der Waals surface area contributed by atoms with E-state index in [1.165, 1.54) is 0 Å². The minimum absolute atomic E-state index is 0.164. The summed E-state index contributed by atoms with van der Waals surface area (Å²) >= 11 is 0. The highest BCUT2D eigenvalue weighted by Crippen LogP contribution is 2.12. The Bertz CT molecular complexity index is 583. The van der Waals surface area contributed by atoms with E-state index >= 15 is 0 Å². The average Bonchev–Trinajstić information content (AvgIpc) is 3.01. The first kappa shape index (κ1) is 16.2. The van der Waals surface area contributed by atoms with Crippen molar-refractivity contribution in [2.45, 2.75) is 19.6 Å². The Hall–Kier alpha value is -2.18. The number of hydrogen-bond donors (Lipinski definition) is 1. The summed E-state index contributed by atoms with van der Waals surface area (Å²) in [6.07, 6.45) is 0.737. The molecule has 2 rings (SSSR count). The van der Waals surface area contributed by atoms with Gasteiger partial charge in [-0.3, -0.25) is 4.79 Å². The molecule has 0 atom stereocenters. The second-order valence-corrected chi connectivity index (χ2v) is 4.97. The largest absolute Gasteiger partial charge is 0.377 e. The highest BCUT2D eigenvalue weighted by atomic mass is 16.5. The Morgan fingerprint density at radius 1 is 1.36 bits per heavy atom. The fourth-order valence-electron chi connectivity index (χ4n) is 2.12. The number of benzene rings is 1. The third kappa shape index (κ3) is 4.41. The van der Waals surface area contributed by atoms with Crippen molar-refractivity contribution in [1.82, 2.24) is 10.1 Å². The van der Waals surface area contributed by atoms with E-state index in [4.69, 9.17) is 15.0 Å². The van der Waals surface area contributed by atoms with Crippen molar-refractivity contribution in [2.24, 2.45) is 5.73 Å². The molecule has 1 heterocycles. The first-order chi connectivity index (χ1) is 10.7. The summed E-state index contributed by atoms with van der Waals surface area (Å²) < 4.78 is 10.1. The number of aromatic nitrogens is 1. The zero-order valence-electron chi connectivity index (χ0n) is 12.7. The molecule has 1 aromatic carbocycles. The first-order valence-electron chi connectivity index (χ1n) is 7.22. The van der Waals surface area contributed by atoms with Crippen LogP contribution < -0.4 is 5.73 Å². The van der Waals surface area contributed by atoms with E-state index in [0.717, 1.165) is 12.0 Å². The lowest BCUT2D eigenvalue weighted by Gasteiger charge is -2.21. The van der Waals surface area contributed by atoms with Gasteiger partial charge in [0.05, 0.1) is 0 Å². The Morgan fingerprint density at radius 3 is 2.82 bits per heavy atom. The second kappa shape index (κ2) is 8.31. The van der Waals surface area contributed by atoms with Gasteiger partial charge in [0.25, 0.3) is 5.91 Å². The van der Waals surface area contributed by atoms with Gasteiger partial charge in [0.2, 0.25) is 0 Å². The van der Waals surface area contributed by atoms with Gasteiger partial charge in [0.15, 0.2) is 11.5 Å². The second-order valence-electron chi connectivity index (χ2n) is 4.97. The quantitative estimate of drug-likeness (QED) is 0.804. The van der Waals surface area contributed by atoms with E-state index in [2.05, 4.69) is 5.16 Å². The van der Waals surface area contributed by atoms with E-state index in [9.17, 15) is 4.79 Å². The van der Waals surface area contributed by atoms with Gasteiger partial charge in [-0.1, -0.05) is 35.5 Å². The van der Waals surface area contributed by atoms with E-state index in [1.54, 1.807) is 18.1 Å². The number of nitrogens with zero attached hydrogens (tertiary/aromatic N) is 2. The smallest absolute Gasteiger partial charge is 0.276 e. The molecule has 0 fully saturated rings. The molecule has 0 aliphatic carbocycles. The zero-order chi connectivity index (χ0) is 15.8. The van der Waals surface area contributed by atoms with Crippen LogP contribution in [0.2, 0.25) is 0 Å². The van der Waals surface area contributed by atoms with Crippen LogP contribution in [0.25, 0.3) is 0 Å². The van der Waals surface area contributed by atoms with Crippen LogP contribution >= 0.6 is 0 Å². The first-order valence-corrected chi connectivity index (χ1v) is 7.22. The van der Waals surface area contributed by atoms with Crippen molar-refractivity contribution in [3.63, 3.8) is 0 Å². The lowest BCUT2D eigenvalue weighted by atomic mass is 10.2. The van der Waals surface area contributed by atoms with Crippen LogP contribution in [0.5, 0.6) is 0 Å². The summed E-state index contributed by atoms with van der Waals surface area (Å²) in [5, 5.41) is 3.83. The fourth-order valence-corrected chi connectivity index (χ4v) is 2.12. The number of carbonyl (C=O) groups is 1. The number of rotatable bonds is 8. The third-order valence-corrected chi connectivity index (χ3v) is 3.20. The lowest BCUT2D eigenvalue weighted by molar-refractivity contribution is 0.0731. The van der Waals surface area contributed by atoms with Crippen LogP contribution in [-0.4, -0.2) is 36.2 Å². The molecule has 0 saturated heterocycles. The molecule has 1 aromatic heterocycles. The molecular weight excluding hydrogens is 282 g/mol. The molecule has 22 heavy (non-hydrogen) atoms. The maximum atomic E-state index is 12.6. The monoisotopic (exact) mass is 303 g/mol. The molecular formula is C16H21N3O3. The Morgan fingerprint density at radius 2 is 2.14 bits per heavy atom. The third-order valence-electron chi connectivity index (χ3n) is 3.20. The van der Waals surface area contributed by atoms with Crippen LogP contribution in [0.15, 0.2) is 40.9 Å². The van der Waals surface area contributed by atoms with E-state index in [-0.39, 0.29) is 5.91 Å². The van der Waals surface area contributed by atoms with Crippen molar-refractivity contribution < 1.29 is 14.1 Å². The molecule has 2 N–H and O–H groups in total. The molecule has 0 unspecified atom stereocenters. The molecule has 6 heteroatoms. The van der Waals surface area contributed by atoms with Crippen LogP contribution in [0.1, 0.15) is 28.2 Å². The molecule has 1 amide bonds. The summed E-state index contributed by atoms with van der Waals surface area (Å²) in [6.45, 7) is 1.93. The van der Waals surface area contributed by atoms with Crippen LogP contribution in [0.4, 0.5) is 0 Å². The lowest BCUT2D eigenvalue weighted by Crippen LogP contribution is -2.32. The van der Waals surface area contributed by atoms with Crippen molar-refractivity contribution >= 4 is 5.91 Å². The van der Waals surface area contributed by atoms with Crippen LogP contribution in [-0.2, 0) is 17.9 Å². The van der Waals surface area contributed by atoms with Gasteiger partial charge in [0.1, 0.15) is 6.61 Å². The topological polar surface area (TPSA) is 81.6 Å². The molecule has 0 aliphatic rings. The van der Waals surface area contributed by atoms with Gasteiger partial charge in [-0.2, -0.15) is 0 Å². The summed E-state index contributed by atoms with van der Waals surface area (Å²) in [5.41, 5.74) is 6.92. The van der Waals surface area contributed by atoms with Gasteiger partial charge in [0, 0.05) is 26.3 Å². The van der Waals surface area contributed by atoms with Gasteiger partial charge in [-0.15, -0.1) is 0 Å². The molecule has 0 saturated carbocycles. The van der Waals surface area contributed by atoms with Gasteiger partial charge >= 0.3 is 0 Å². The zero-order valence-corrected chi connectivity index (χ0v) is 12.7. The number of carbonyl (C=O) groups excluding carboxylic acids is 1. The van der Waals surface area contributed by atoms with Crippen LogP contribution in [0, 0.1) is 0 Å². The molecule has 0 spiro atoms. The maximum Gasteiger partial charge on any atom is 0.276 e. The normalized spacial score (nSPS) is 10.6. The van der Waals surface area contributed by atoms with Crippen molar-refractivity contribution in [1.29, 1.82) is 0 Å². The number of amides is 1. The highest BCUT2D eigenvalue weighted by molar-refractivity contribution is 5.92. The minimum atomic E-state index is -0.164. The van der Waals surface area contributed by atoms with Crippen molar-refractivity contribution in [3.05, 3.63) is 53.4 Å². The number of nitrogens with two attached hydrogens (primary N) is 1. The average molecular weight is 303 g/mol. The maximum absolute atomic E-state index is 12.6. The Labute approximate surface area is 129 Å². The van der Waals surface area contributed by atoms with E-state index in [1.807, 2.05) is 30.3 Å². The molecule has 6 nitrogen and oxygen atoms in total. The highest BCUT2D eigenvalue weighted by Gasteiger charge is 2.20. The predicted molar refractivity (Wildman–Crippen MR) is 82.1 cm³/mol. The molecule has 118 valence electrons. The standard InChI is InChI=1S/C16H21N3O3/c1-21-12-14-10-15(18-22-14)16(20)19(9-5-8-17)11-13-6-3-2-4-7-13/h2-4,6-7,10H,5,8-9,11-12,17H2,1H3. The minimum Gasteiger partial charge on any atom is -0.377 e. The molecule has 2 aromatic rings. The van der Waals surface area contributed by atoms with Crippen molar-refractivity contribution in [3.8, 4) is 0 Å². The number of ether oxygens (including phenoxy) is 1. The summed E-state index contributed by atoms with van der Waals surface area (Å²) in [5.74, 6) is 0.368. The fraction of sp³-hybridized carbons (Fsp3) is 0.375. The summed E-state index contributed by atoms with van der Waals surface area (Å²) in [6, 6.07) is 11.4. The number of hydrogen-bond acceptors (Lipinski definition) is 5. The summed E-state index contributed by atoms with van der Waals surface area (Å²) in [4.78, 5) is 14.3. The van der Waals surface area contributed by atoms with Crippen molar-refractivity contribution in [2.75, 3.05) is 20.2 Å². The molecule has 0 bridgehead atoms. The van der Waals surface area contributed by atoms with Gasteiger partial charge in [-0.05, 0) is 18.5 Å². The van der Waals surface area contributed by atoms with Gasteiger partial charge in [-0.25, -0.2) is 0 Å². The molecule has 0 radical (unpaired) electrons.